The average molecular weight is 358 g/mol. The van der Waals surface area contributed by atoms with E-state index >= 15 is 0 Å². The maximum atomic E-state index is 2.41. The molecule has 2 heteroatoms. The van der Waals surface area contributed by atoms with E-state index in [0.717, 1.165) is 6.42 Å². The minimum absolute atomic E-state index is 0.272. The van der Waals surface area contributed by atoms with Crippen LogP contribution in [0.1, 0.15) is 37.5 Å². The quantitative estimate of drug-likeness (QED) is 0.401. The topological polar surface area (TPSA) is 8.29 Å². The third kappa shape index (κ3) is 3.25. The molecule has 0 fully saturated rings. The second kappa shape index (κ2) is 6.23. The van der Waals surface area contributed by atoms with E-state index in [1.165, 1.54) is 44.2 Å². The number of pyridine rings is 2. The molecule has 0 amide bonds. The van der Waals surface area contributed by atoms with E-state index in [-0.39, 0.29) is 5.41 Å². The van der Waals surface area contributed by atoms with Gasteiger partial charge in [-0.3, -0.25) is 0 Å². The highest BCUT2D eigenvalue weighted by Gasteiger charge is 2.21. The van der Waals surface area contributed by atoms with Crippen LogP contribution in [0.2, 0.25) is 0 Å². The summed E-state index contributed by atoms with van der Waals surface area (Å²) in [5.74, 6) is 0. The normalized spacial score (nSPS) is 12.2. The molecule has 1 aromatic carbocycles. The first kappa shape index (κ1) is 17.8. The molecule has 27 heavy (non-hydrogen) atoms. The molecule has 138 valence electrons. The summed E-state index contributed by atoms with van der Waals surface area (Å²) < 4.78 is 4.48. The summed E-state index contributed by atoms with van der Waals surface area (Å²) in [6, 6.07) is 13.5. The van der Waals surface area contributed by atoms with Crippen LogP contribution in [0.5, 0.6) is 0 Å². The van der Waals surface area contributed by atoms with Gasteiger partial charge in [0.15, 0.2) is 6.20 Å². The van der Waals surface area contributed by atoms with Crippen LogP contribution >= 0.6 is 0 Å². The Labute approximate surface area is 162 Å². The van der Waals surface area contributed by atoms with Gasteiger partial charge in [0.25, 0.3) is 0 Å². The molecule has 4 rings (SSSR count). The average Bonchev–Trinajstić information content (AvgIpc) is 3.02. The summed E-state index contributed by atoms with van der Waals surface area (Å²) in [6.07, 6.45) is 7.71. The van der Waals surface area contributed by atoms with Crippen molar-refractivity contribution in [1.29, 1.82) is 0 Å². The summed E-state index contributed by atoms with van der Waals surface area (Å²) in [5.41, 5.74) is 8.26. The fourth-order valence-electron chi connectivity index (χ4n) is 4.13. The van der Waals surface area contributed by atoms with Crippen molar-refractivity contribution in [3.05, 3.63) is 71.7 Å². The summed E-state index contributed by atoms with van der Waals surface area (Å²) in [4.78, 5) is 0. The number of rotatable bonds is 2. The molecule has 0 N–H and O–H groups in total. The highest BCUT2D eigenvalue weighted by molar-refractivity contribution is 5.98. The van der Waals surface area contributed by atoms with Crippen molar-refractivity contribution in [2.45, 2.75) is 41.0 Å². The van der Waals surface area contributed by atoms with Gasteiger partial charge in [0.1, 0.15) is 7.05 Å². The monoisotopic (exact) mass is 357 g/mol. The third-order valence-corrected chi connectivity index (χ3v) is 5.43. The Bertz CT molecular complexity index is 1160. The number of nitrogens with zero attached hydrogens (tertiary/aromatic N) is 2. The first-order valence-electron chi connectivity index (χ1n) is 9.72. The van der Waals surface area contributed by atoms with Gasteiger partial charge in [-0.15, -0.1) is 0 Å². The number of fused-ring (bicyclic) bond motifs is 2. The van der Waals surface area contributed by atoms with Gasteiger partial charge in [-0.2, -0.15) is 0 Å². The standard InChI is InChI=1S/C25H29N2/c1-17-9-10-19-16-27-11-7-8-21(27)13-22(19)24(17)23-12-20(14-25(3,4)5)18(2)15-26(23)6/h7-13,15-16H,14H2,1-6H3/q+1. The minimum Gasteiger partial charge on any atom is -0.323 e. The lowest BCUT2D eigenvalue weighted by atomic mass is 9.86. The highest BCUT2D eigenvalue weighted by atomic mass is 14.9. The number of benzene rings is 1. The van der Waals surface area contributed by atoms with Gasteiger partial charge >= 0.3 is 0 Å². The van der Waals surface area contributed by atoms with Crippen LogP contribution in [0.25, 0.3) is 27.5 Å². The summed E-state index contributed by atoms with van der Waals surface area (Å²) in [6.45, 7) is 11.4. The molecule has 4 aromatic rings. The Kier molecular flexibility index (Phi) is 4.10. The maximum absolute atomic E-state index is 2.41. The smallest absolute Gasteiger partial charge is 0.213 e. The molecule has 0 aliphatic heterocycles. The molecule has 0 aliphatic rings. The van der Waals surface area contributed by atoms with Crippen molar-refractivity contribution in [2.24, 2.45) is 12.5 Å². The van der Waals surface area contributed by atoms with Gasteiger partial charge < -0.3 is 4.40 Å². The fourth-order valence-corrected chi connectivity index (χ4v) is 4.13. The van der Waals surface area contributed by atoms with Crippen LogP contribution in [0.4, 0.5) is 0 Å². The molecule has 0 atom stereocenters. The van der Waals surface area contributed by atoms with E-state index in [0.29, 0.717) is 0 Å². The molecular formula is C25H29N2+. The van der Waals surface area contributed by atoms with Gasteiger partial charge in [0.05, 0.1) is 5.56 Å². The first-order valence-corrected chi connectivity index (χ1v) is 9.72. The van der Waals surface area contributed by atoms with E-state index < -0.39 is 0 Å². The number of aryl methyl sites for hydroxylation is 3. The van der Waals surface area contributed by atoms with Gasteiger partial charge in [0, 0.05) is 29.5 Å². The molecule has 3 aromatic heterocycles. The van der Waals surface area contributed by atoms with Crippen molar-refractivity contribution in [2.75, 3.05) is 0 Å². The predicted octanol–water partition coefficient (Wildman–Crippen LogP) is 5.79. The Morgan fingerprint density at radius 3 is 2.52 bits per heavy atom. The van der Waals surface area contributed by atoms with Crippen LogP contribution in [0.15, 0.2) is 55.0 Å². The first-order chi connectivity index (χ1) is 12.7. The second-order valence-corrected chi connectivity index (χ2v) is 9.09. The highest BCUT2D eigenvalue weighted by Crippen LogP contribution is 2.33. The van der Waals surface area contributed by atoms with Gasteiger partial charge in [-0.1, -0.05) is 32.9 Å². The van der Waals surface area contributed by atoms with Crippen LogP contribution in [-0.4, -0.2) is 4.40 Å². The van der Waals surface area contributed by atoms with Crippen molar-refractivity contribution in [1.82, 2.24) is 4.40 Å². The lowest BCUT2D eigenvalue weighted by molar-refractivity contribution is -0.660. The Hall–Kier alpha value is -2.61. The molecule has 0 saturated heterocycles. The zero-order valence-corrected chi connectivity index (χ0v) is 17.3. The second-order valence-electron chi connectivity index (χ2n) is 9.09. The predicted molar refractivity (Wildman–Crippen MR) is 114 cm³/mol. The van der Waals surface area contributed by atoms with Crippen molar-refractivity contribution in [3.8, 4) is 11.3 Å². The van der Waals surface area contributed by atoms with Crippen LogP contribution in [0, 0.1) is 19.3 Å². The molecule has 2 nitrogen and oxygen atoms in total. The van der Waals surface area contributed by atoms with Crippen LogP contribution < -0.4 is 4.57 Å². The van der Waals surface area contributed by atoms with Crippen LogP contribution in [-0.2, 0) is 13.5 Å². The van der Waals surface area contributed by atoms with E-state index in [2.05, 4.69) is 106 Å². The number of hydrogen-bond acceptors (Lipinski definition) is 0. The van der Waals surface area contributed by atoms with Gasteiger partial charge in [-0.05, 0) is 65.8 Å². The van der Waals surface area contributed by atoms with Crippen molar-refractivity contribution < 1.29 is 4.57 Å². The largest absolute Gasteiger partial charge is 0.323 e. The molecule has 3 heterocycles. The lowest BCUT2D eigenvalue weighted by Crippen LogP contribution is -2.32. The van der Waals surface area contributed by atoms with Crippen LogP contribution in [0.3, 0.4) is 0 Å². The molecule has 0 bridgehead atoms. The minimum atomic E-state index is 0.272. The zero-order valence-electron chi connectivity index (χ0n) is 17.3. The van der Waals surface area contributed by atoms with E-state index in [4.69, 9.17) is 0 Å². The molecule has 0 unspecified atom stereocenters. The molecule has 0 aliphatic carbocycles. The Morgan fingerprint density at radius 1 is 1.00 bits per heavy atom. The fraction of sp³-hybridized carbons (Fsp3) is 0.320. The van der Waals surface area contributed by atoms with Gasteiger partial charge in [-0.25, -0.2) is 4.57 Å². The van der Waals surface area contributed by atoms with Crippen molar-refractivity contribution >= 4 is 16.3 Å². The van der Waals surface area contributed by atoms with Crippen molar-refractivity contribution in [3.63, 3.8) is 0 Å². The van der Waals surface area contributed by atoms with E-state index in [9.17, 15) is 0 Å². The molecule has 0 radical (unpaired) electrons. The SMILES string of the molecule is Cc1c[n+](C)c(-c2c(C)ccc3cn4cccc4cc23)cc1CC(C)(C)C. The Balaban J connectivity index is 2.01. The van der Waals surface area contributed by atoms with Gasteiger partial charge in [0.2, 0.25) is 5.69 Å². The Morgan fingerprint density at radius 2 is 1.78 bits per heavy atom. The molecule has 0 spiro atoms. The van der Waals surface area contributed by atoms with E-state index in [1.54, 1.807) is 0 Å². The number of hydrogen-bond donors (Lipinski definition) is 0. The maximum Gasteiger partial charge on any atom is 0.213 e. The lowest BCUT2D eigenvalue weighted by Gasteiger charge is -2.20. The third-order valence-electron chi connectivity index (χ3n) is 5.43. The zero-order chi connectivity index (χ0) is 19.3. The summed E-state index contributed by atoms with van der Waals surface area (Å²) in [7, 11) is 2.16. The molecular weight excluding hydrogens is 328 g/mol. The molecule has 0 saturated carbocycles. The van der Waals surface area contributed by atoms with E-state index in [1.807, 2.05) is 0 Å². The summed E-state index contributed by atoms with van der Waals surface area (Å²) >= 11 is 0. The number of aromatic nitrogens is 2. The summed E-state index contributed by atoms with van der Waals surface area (Å²) in [5, 5.41) is 2.60.